The zero-order valence-corrected chi connectivity index (χ0v) is 20.1. The predicted molar refractivity (Wildman–Crippen MR) is 131 cm³/mol. The second-order valence-corrected chi connectivity index (χ2v) is 7.40. The number of hydrogen-bond acceptors (Lipinski definition) is 4. The SMILES string of the molecule is CN=C(NCc1cccc(Cn2cncn2)c1)N(C)Cc1ccc(SC)cc1.I. The summed E-state index contributed by atoms with van der Waals surface area (Å²) in [5, 5.41) is 7.62. The van der Waals surface area contributed by atoms with E-state index in [9.17, 15) is 0 Å². The first-order valence-corrected chi connectivity index (χ1v) is 10.4. The lowest BCUT2D eigenvalue weighted by molar-refractivity contribution is 0.476. The highest BCUT2D eigenvalue weighted by atomic mass is 127. The molecule has 2 aromatic carbocycles. The molecule has 3 aromatic rings. The van der Waals surface area contributed by atoms with Crippen molar-refractivity contribution in [3.63, 3.8) is 0 Å². The molecule has 0 aliphatic heterocycles. The van der Waals surface area contributed by atoms with E-state index in [-0.39, 0.29) is 24.0 Å². The molecule has 0 aliphatic carbocycles. The fourth-order valence-corrected chi connectivity index (χ4v) is 3.39. The zero-order valence-electron chi connectivity index (χ0n) is 16.9. The van der Waals surface area contributed by atoms with Crippen LogP contribution in [-0.4, -0.2) is 46.0 Å². The normalized spacial score (nSPS) is 11.1. The highest BCUT2D eigenvalue weighted by Crippen LogP contribution is 2.15. The Hall–Kier alpha value is -2.07. The van der Waals surface area contributed by atoms with E-state index in [2.05, 4.69) is 87.1 Å². The number of aliphatic imine (C=N–C) groups is 1. The standard InChI is InChI=1S/C21H26N6S.HI/c1-22-21(26(2)13-17-7-9-20(28-3)10-8-17)24-12-18-5-4-6-19(11-18)14-27-16-23-15-25-27;/h4-11,15-16H,12-14H2,1-3H3,(H,22,24);1H. The van der Waals surface area contributed by atoms with Crippen LogP contribution in [0.5, 0.6) is 0 Å². The van der Waals surface area contributed by atoms with Crippen molar-refractivity contribution in [1.29, 1.82) is 0 Å². The summed E-state index contributed by atoms with van der Waals surface area (Å²) in [6.07, 6.45) is 5.38. The summed E-state index contributed by atoms with van der Waals surface area (Å²) in [5.74, 6) is 0.871. The maximum absolute atomic E-state index is 4.42. The van der Waals surface area contributed by atoms with Crippen LogP contribution < -0.4 is 5.32 Å². The van der Waals surface area contributed by atoms with Crippen LogP contribution in [0.15, 0.2) is 71.1 Å². The van der Waals surface area contributed by atoms with Gasteiger partial charge in [-0.1, -0.05) is 36.4 Å². The number of nitrogens with one attached hydrogen (secondary N) is 1. The Morgan fingerprint density at radius 3 is 2.55 bits per heavy atom. The molecule has 6 nitrogen and oxygen atoms in total. The highest BCUT2D eigenvalue weighted by Gasteiger charge is 2.07. The number of aromatic nitrogens is 3. The predicted octanol–water partition coefficient (Wildman–Crippen LogP) is 3.87. The summed E-state index contributed by atoms with van der Waals surface area (Å²) in [7, 11) is 3.87. The van der Waals surface area contributed by atoms with Crippen LogP contribution in [0, 0.1) is 0 Å². The Morgan fingerprint density at radius 2 is 1.90 bits per heavy atom. The fourth-order valence-electron chi connectivity index (χ4n) is 2.98. The average Bonchev–Trinajstić information content (AvgIpc) is 3.22. The first-order valence-electron chi connectivity index (χ1n) is 9.13. The van der Waals surface area contributed by atoms with Gasteiger partial charge in [0.2, 0.25) is 0 Å². The van der Waals surface area contributed by atoms with Crippen molar-refractivity contribution < 1.29 is 0 Å². The minimum absolute atomic E-state index is 0. The van der Waals surface area contributed by atoms with Gasteiger partial charge in [-0.05, 0) is 35.1 Å². The molecule has 0 atom stereocenters. The van der Waals surface area contributed by atoms with Crippen molar-refractivity contribution in [2.45, 2.75) is 24.5 Å². The van der Waals surface area contributed by atoms with Crippen molar-refractivity contribution in [3.05, 3.63) is 77.9 Å². The van der Waals surface area contributed by atoms with Gasteiger partial charge in [0.15, 0.2) is 5.96 Å². The summed E-state index contributed by atoms with van der Waals surface area (Å²) in [5.41, 5.74) is 3.66. The van der Waals surface area contributed by atoms with Crippen LogP contribution in [0.4, 0.5) is 0 Å². The summed E-state index contributed by atoms with van der Waals surface area (Å²) in [6, 6.07) is 17.1. The topological polar surface area (TPSA) is 58.3 Å². The van der Waals surface area contributed by atoms with Crippen molar-refractivity contribution in [2.75, 3.05) is 20.4 Å². The van der Waals surface area contributed by atoms with Gasteiger partial charge in [-0.15, -0.1) is 35.7 Å². The molecule has 0 fully saturated rings. The number of nitrogens with zero attached hydrogens (tertiary/aromatic N) is 5. The molecule has 0 saturated carbocycles. The van der Waals surface area contributed by atoms with Crippen LogP contribution in [-0.2, 0) is 19.6 Å². The van der Waals surface area contributed by atoms with E-state index in [4.69, 9.17) is 0 Å². The van der Waals surface area contributed by atoms with Gasteiger partial charge in [-0.25, -0.2) is 9.67 Å². The lowest BCUT2D eigenvalue weighted by Gasteiger charge is -2.22. The average molecular weight is 522 g/mol. The molecular formula is C21H27IN6S. The first kappa shape index (κ1) is 23.2. The Kier molecular flexibility index (Phi) is 9.46. The van der Waals surface area contributed by atoms with E-state index >= 15 is 0 Å². The molecule has 0 aliphatic rings. The molecule has 0 radical (unpaired) electrons. The van der Waals surface area contributed by atoms with E-state index in [0.717, 1.165) is 12.5 Å². The summed E-state index contributed by atoms with van der Waals surface area (Å²) in [6.45, 7) is 2.24. The highest BCUT2D eigenvalue weighted by molar-refractivity contribution is 14.0. The van der Waals surface area contributed by atoms with Gasteiger partial charge in [0, 0.05) is 32.1 Å². The summed E-state index contributed by atoms with van der Waals surface area (Å²) >= 11 is 1.76. The van der Waals surface area contributed by atoms with E-state index in [1.807, 2.05) is 11.7 Å². The van der Waals surface area contributed by atoms with Gasteiger partial charge >= 0.3 is 0 Å². The third-order valence-corrected chi connectivity index (χ3v) is 5.15. The Labute approximate surface area is 193 Å². The maximum Gasteiger partial charge on any atom is 0.193 e. The molecule has 154 valence electrons. The van der Waals surface area contributed by atoms with Gasteiger partial charge in [0.05, 0.1) is 6.54 Å². The number of benzene rings is 2. The molecule has 0 saturated heterocycles. The van der Waals surface area contributed by atoms with Crippen molar-refractivity contribution in [2.24, 2.45) is 4.99 Å². The molecule has 8 heteroatoms. The molecule has 1 N–H and O–H groups in total. The van der Waals surface area contributed by atoms with Gasteiger partial charge in [0.1, 0.15) is 12.7 Å². The van der Waals surface area contributed by atoms with E-state index in [0.29, 0.717) is 13.1 Å². The monoisotopic (exact) mass is 522 g/mol. The number of thioether (sulfide) groups is 1. The van der Waals surface area contributed by atoms with Gasteiger partial charge < -0.3 is 10.2 Å². The molecular weight excluding hydrogens is 495 g/mol. The molecule has 0 unspecified atom stereocenters. The second-order valence-electron chi connectivity index (χ2n) is 6.52. The Morgan fingerprint density at radius 1 is 1.14 bits per heavy atom. The van der Waals surface area contributed by atoms with Crippen molar-refractivity contribution >= 4 is 41.7 Å². The van der Waals surface area contributed by atoms with Crippen molar-refractivity contribution in [1.82, 2.24) is 25.0 Å². The molecule has 1 aromatic heterocycles. The van der Waals surface area contributed by atoms with Gasteiger partial charge in [-0.3, -0.25) is 4.99 Å². The van der Waals surface area contributed by atoms with Gasteiger partial charge in [-0.2, -0.15) is 5.10 Å². The Bertz CT molecular complexity index is 896. The van der Waals surface area contributed by atoms with Crippen LogP contribution >= 0.6 is 35.7 Å². The summed E-state index contributed by atoms with van der Waals surface area (Å²) in [4.78, 5) is 11.8. The molecule has 0 spiro atoms. The molecule has 29 heavy (non-hydrogen) atoms. The number of hydrogen-bond donors (Lipinski definition) is 1. The van der Waals surface area contributed by atoms with Crippen LogP contribution in [0.2, 0.25) is 0 Å². The number of rotatable bonds is 7. The van der Waals surface area contributed by atoms with E-state index < -0.39 is 0 Å². The molecule has 1 heterocycles. The first-order chi connectivity index (χ1) is 13.7. The zero-order chi connectivity index (χ0) is 19.8. The maximum atomic E-state index is 4.42. The molecule has 0 bridgehead atoms. The lowest BCUT2D eigenvalue weighted by atomic mass is 10.1. The quantitative estimate of drug-likeness (QED) is 0.221. The molecule has 3 rings (SSSR count). The van der Waals surface area contributed by atoms with Crippen LogP contribution in [0.25, 0.3) is 0 Å². The minimum atomic E-state index is 0. The van der Waals surface area contributed by atoms with Crippen LogP contribution in [0.3, 0.4) is 0 Å². The Balaban J connectivity index is 0.00000300. The largest absolute Gasteiger partial charge is 0.352 e. The van der Waals surface area contributed by atoms with Gasteiger partial charge in [0.25, 0.3) is 0 Å². The summed E-state index contributed by atoms with van der Waals surface area (Å²) < 4.78 is 1.82. The molecule has 0 amide bonds. The number of halogens is 1. The lowest BCUT2D eigenvalue weighted by Crippen LogP contribution is -2.38. The third kappa shape index (κ3) is 7.04. The van der Waals surface area contributed by atoms with Crippen LogP contribution in [0.1, 0.15) is 16.7 Å². The smallest absolute Gasteiger partial charge is 0.193 e. The third-order valence-electron chi connectivity index (χ3n) is 4.41. The number of guanidine groups is 1. The minimum Gasteiger partial charge on any atom is -0.352 e. The van der Waals surface area contributed by atoms with E-state index in [1.54, 1.807) is 24.4 Å². The fraction of sp³-hybridized carbons (Fsp3) is 0.286. The second kappa shape index (κ2) is 11.8. The van der Waals surface area contributed by atoms with Crippen molar-refractivity contribution in [3.8, 4) is 0 Å². The van der Waals surface area contributed by atoms with E-state index in [1.165, 1.54) is 21.6 Å².